The van der Waals surface area contributed by atoms with E-state index >= 15 is 0 Å². The minimum Gasteiger partial charge on any atom is -0.508 e. The first-order chi connectivity index (χ1) is 27.6. The van der Waals surface area contributed by atoms with Crippen LogP contribution in [0.5, 0.6) is 17.2 Å². The molecule has 0 unspecified atom stereocenters. The number of hydrogen-bond acceptors (Lipinski definition) is 9. The van der Waals surface area contributed by atoms with Crippen molar-refractivity contribution in [2.75, 3.05) is 26.1 Å². The van der Waals surface area contributed by atoms with E-state index in [-0.39, 0.29) is 36.3 Å². The number of benzene rings is 4. The standard InChI is InChI=1S/C45H43N3O9/c1-25(50)46-37-18-14-27-21-41(55-2)43(56-3)35(23-49)42(27)33-17-19-38(40(52)22-34(33)37)47-44(53)39(20-26-12-15-28(51)16-13-26)48-45(54)57-24-36-31-10-6-4-8-29(31)30-9-5-7-11-32(30)36/h4-13,15-17,19,21-22,36-37,39,49,51H,14,18,20,23-24H2,1-3H3,(H,46,50)(H,48,54)(H,47,52,53)/t37-,39-/m0/s1. The molecule has 0 heterocycles. The molecule has 5 aromatic carbocycles. The Kier molecular flexibility index (Phi) is 11.2. The van der Waals surface area contributed by atoms with Crippen LogP contribution in [0.1, 0.15) is 58.7 Å². The molecule has 12 nitrogen and oxygen atoms in total. The highest BCUT2D eigenvalue weighted by atomic mass is 16.5. The first-order valence-electron chi connectivity index (χ1n) is 18.6. The van der Waals surface area contributed by atoms with Crippen LogP contribution in [-0.2, 0) is 33.8 Å². The summed E-state index contributed by atoms with van der Waals surface area (Å²) < 4.78 is 17.0. The van der Waals surface area contributed by atoms with Crippen LogP contribution in [0.3, 0.4) is 0 Å². The maximum absolute atomic E-state index is 14.1. The van der Waals surface area contributed by atoms with Crippen molar-refractivity contribution in [1.82, 2.24) is 10.6 Å². The molecule has 2 aliphatic rings. The number of aliphatic hydroxyl groups is 1. The van der Waals surface area contributed by atoms with Gasteiger partial charge in [0.1, 0.15) is 18.4 Å². The fraction of sp³-hybridized carbons (Fsp3) is 0.244. The molecule has 0 bridgehead atoms. The van der Waals surface area contributed by atoms with Crippen LogP contribution in [-0.4, -0.2) is 55.0 Å². The Morgan fingerprint density at radius 1 is 0.842 bits per heavy atom. The van der Waals surface area contributed by atoms with Crippen LogP contribution in [0, 0.1) is 0 Å². The number of phenols is 1. The molecule has 0 saturated carbocycles. The normalized spacial score (nSPS) is 14.4. The monoisotopic (exact) mass is 769 g/mol. The van der Waals surface area contributed by atoms with Crippen LogP contribution >= 0.6 is 0 Å². The van der Waals surface area contributed by atoms with Gasteiger partial charge in [-0.15, -0.1) is 0 Å². The number of fused-ring (bicyclic) bond motifs is 6. The van der Waals surface area contributed by atoms with Gasteiger partial charge in [0.25, 0.3) is 0 Å². The minimum atomic E-state index is -1.20. The molecule has 0 spiro atoms. The SMILES string of the molecule is COc1cc2c(c(CO)c1OC)-c1ccc(NC(=O)[C@H](Cc3ccc(O)cc3)NC(=O)OCC3c4ccccc4-c4ccccc43)c(=O)cc1[C@@H](NC(C)=O)CC2. The van der Waals surface area contributed by atoms with Crippen molar-refractivity contribution in [3.05, 3.63) is 141 Å². The van der Waals surface area contributed by atoms with E-state index in [9.17, 15) is 29.4 Å². The number of methoxy groups -OCH3 is 2. The maximum atomic E-state index is 14.1. The highest BCUT2D eigenvalue weighted by Gasteiger charge is 2.31. The number of alkyl carbamates (subject to hydrolysis) is 1. The number of aryl methyl sites for hydroxylation is 1. The van der Waals surface area contributed by atoms with Crippen molar-refractivity contribution < 1.29 is 38.8 Å². The van der Waals surface area contributed by atoms with Gasteiger partial charge >= 0.3 is 6.09 Å². The van der Waals surface area contributed by atoms with Crippen LogP contribution < -0.4 is 30.9 Å². The number of aromatic hydroxyl groups is 1. The van der Waals surface area contributed by atoms with Gasteiger partial charge in [0.15, 0.2) is 11.5 Å². The first kappa shape index (κ1) is 38.6. The molecular weight excluding hydrogens is 727 g/mol. The number of carbonyl (C=O) groups excluding carboxylic acids is 3. The fourth-order valence-electron chi connectivity index (χ4n) is 8.00. The average Bonchev–Trinajstić information content (AvgIpc) is 3.34. The third kappa shape index (κ3) is 7.90. The topological polar surface area (TPSA) is 173 Å². The van der Waals surface area contributed by atoms with Crippen molar-refractivity contribution in [3.63, 3.8) is 0 Å². The Balaban J connectivity index is 1.20. The summed E-state index contributed by atoms with van der Waals surface area (Å²) in [5.74, 6) is -0.373. The molecule has 3 amide bonds. The van der Waals surface area contributed by atoms with Gasteiger partial charge in [-0.05, 0) is 93.2 Å². The van der Waals surface area contributed by atoms with Gasteiger partial charge in [-0.3, -0.25) is 14.4 Å². The summed E-state index contributed by atoms with van der Waals surface area (Å²) in [6, 6.07) is 26.7. The van der Waals surface area contributed by atoms with Crippen molar-refractivity contribution in [2.24, 2.45) is 0 Å². The first-order valence-corrected chi connectivity index (χ1v) is 18.6. The number of rotatable bonds is 11. The second-order valence-electron chi connectivity index (χ2n) is 14.1. The smallest absolute Gasteiger partial charge is 0.407 e. The van der Waals surface area contributed by atoms with Gasteiger partial charge in [-0.2, -0.15) is 0 Å². The largest absolute Gasteiger partial charge is 0.508 e. The molecule has 0 radical (unpaired) electrons. The lowest BCUT2D eigenvalue weighted by atomic mass is 9.92. The lowest BCUT2D eigenvalue weighted by Crippen LogP contribution is -2.46. The Hall–Kier alpha value is -6.66. The van der Waals surface area contributed by atoms with E-state index < -0.39 is 36.1 Å². The van der Waals surface area contributed by atoms with E-state index in [1.807, 2.05) is 54.6 Å². The Labute approximate surface area is 329 Å². The predicted molar refractivity (Wildman–Crippen MR) is 214 cm³/mol. The third-order valence-electron chi connectivity index (χ3n) is 10.6. The van der Waals surface area contributed by atoms with Gasteiger partial charge in [0, 0.05) is 24.8 Å². The van der Waals surface area contributed by atoms with Gasteiger partial charge in [-0.25, -0.2) is 4.79 Å². The van der Waals surface area contributed by atoms with E-state index in [0.29, 0.717) is 52.2 Å². The molecular formula is C45H43N3O9. The molecule has 2 aliphatic carbocycles. The molecule has 12 heteroatoms. The third-order valence-corrected chi connectivity index (χ3v) is 10.6. The molecule has 57 heavy (non-hydrogen) atoms. The molecule has 2 atom stereocenters. The molecule has 0 aliphatic heterocycles. The lowest BCUT2D eigenvalue weighted by molar-refractivity contribution is -0.120. The van der Waals surface area contributed by atoms with E-state index in [1.54, 1.807) is 18.2 Å². The summed E-state index contributed by atoms with van der Waals surface area (Å²) in [5, 5.41) is 28.9. The fourth-order valence-corrected chi connectivity index (χ4v) is 8.00. The second-order valence-corrected chi connectivity index (χ2v) is 14.1. The van der Waals surface area contributed by atoms with Gasteiger partial charge in [0.2, 0.25) is 17.2 Å². The summed E-state index contributed by atoms with van der Waals surface area (Å²) in [4.78, 5) is 54.0. The number of carbonyl (C=O) groups is 3. The van der Waals surface area contributed by atoms with Crippen molar-refractivity contribution in [2.45, 2.75) is 50.8 Å². The van der Waals surface area contributed by atoms with Gasteiger partial charge in [0.05, 0.1) is 32.6 Å². The molecule has 0 fully saturated rings. The number of hydrogen-bond donors (Lipinski definition) is 5. The van der Waals surface area contributed by atoms with Crippen molar-refractivity contribution in [3.8, 4) is 39.5 Å². The quantitative estimate of drug-likeness (QED) is 0.106. The van der Waals surface area contributed by atoms with Crippen LogP contribution in [0.15, 0.2) is 102 Å². The molecule has 0 aromatic heterocycles. The summed E-state index contributed by atoms with van der Waals surface area (Å²) >= 11 is 0. The zero-order valence-electron chi connectivity index (χ0n) is 31.8. The number of anilines is 1. The van der Waals surface area contributed by atoms with Gasteiger partial charge in [-0.1, -0.05) is 66.7 Å². The predicted octanol–water partition coefficient (Wildman–Crippen LogP) is 6.14. The highest BCUT2D eigenvalue weighted by molar-refractivity contribution is 5.97. The van der Waals surface area contributed by atoms with Crippen molar-refractivity contribution in [1.29, 1.82) is 0 Å². The highest BCUT2D eigenvalue weighted by Crippen LogP contribution is 2.46. The maximum Gasteiger partial charge on any atom is 0.407 e. The van der Waals surface area contributed by atoms with Crippen molar-refractivity contribution >= 4 is 23.6 Å². The van der Waals surface area contributed by atoms with Crippen LogP contribution in [0.2, 0.25) is 0 Å². The Morgan fingerprint density at radius 3 is 2.16 bits per heavy atom. The molecule has 7 rings (SSSR count). The number of aliphatic hydroxyl groups excluding tert-OH is 1. The Bertz CT molecular complexity index is 2370. The number of amides is 3. The molecule has 292 valence electrons. The van der Waals surface area contributed by atoms with Crippen LogP contribution in [0.25, 0.3) is 22.3 Å². The number of ether oxygens (including phenoxy) is 3. The van der Waals surface area contributed by atoms with E-state index in [1.165, 1.54) is 45.4 Å². The minimum absolute atomic E-state index is 0.0133. The van der Waals surface area contributed by atoms with E-state index in [2.05, 4.69) is 16.0 Å². The number of phenolic OH excluding ortho intramolecular Hbond substituents is 1. The summed E-state index contributed by atoms with van der Waals surface area (Å²) in [6.45, 7) is 1.02. The molecule has 5 aromatic rings. The summed E-state index contributed by atoms with van der Waals surface area (Å²) in [7, 11) is 2.98. The zero-order valence-corrected chi connectivity index (χ0v) is 31.8. The summed E-state index contributed by atoms with van der Waals surface area (Å²) in [6.07, 6.45) is 0.118. The summed E-state index contributed by atoms with van der Waals surface area (Å²) in [5.41, 5.74) is 7.19. The van der Waals surface area contributed by atoms with Gasteiger partial charge < -0.3 is 40.4 Å². The van der Waals surface area contributed by atoms with E-state index in [0.717, 1.165) is 27.8 Å². The zero-order chi connectivity index (χ0) is 40.2. The molecule has 0 saturated heterocycles. The average molecular weight is 770 g/mol. The van der Waals surface area contributed by atoms with E-state index in [4.69, 9.17) is 14.2 Å². The second kappa shape index (κ2) is 16.6. The number of nitrogens with one attached hydrogen (secondary N) is 3. The molecule has 5 N–H and O–H groups in total. The Morgan fingerprint density at radius 2 is 1.53 bits per heavy atom. The lowest BCUT2D eigenvalue weighted by Gasteiger charge is -2.20. The van der Waals surface area contributed by atoms with Crippen LogP contribution in [0.4, 0.5) is 10.5 Å².